The molecule has 8 nitrogen and oxygen atoms in total. The third-order valence-electron chi connectivity index (χ3n) is 4.12. The van der Waals surface area contributed by atoms with Crippen LogP contribution in [0.4, 0.5) is 0 Å². The third kappa shape index (κ3) is 4.28. The number of nitrogens with one attached hydrogen (secondary N) is 1. The summed E-state index contributed by atoms with van der Waals surface area (Å²) in [6.45, 7) is 2.91. The number of carbonyl (C=O) groups excluding carboxylic acids is 2. The van der Waals surface area contributed by atoms with Crippen LogP contribution in [0.1, 0.15) is 25.3 Å². The molecule has 0 fully saturated rings. The molecule has 0 saturated heterocycles. The maximum atomic E-state index is 12.4. The number of carbonyl (C=O) groups is 3. The average Bonchev–Trinajstić information content (AvgIpc) is 2.64. The first-order valence-electron chi connectivity index (χ1n) is 8.09. The molecule has 0 spiro atoms. The van der Waals surface area contributed by atoms with E-state index in [0.717, 1.165) is 0 Å². The maximum Gasteiger partial charge on any atom is 0.341 e. The molecular formula is C19H21NO7. The van der Waals surface area contributed by atoms with Gasteiger partial charge in [0, 0.05) is 11.4 Å². The summed E-state index contributed by atoms with van der Waals surface area (Å²) in [4.78, 5) is 35.6. The number of dihydropyridines is 1. The van der Waals surface area contributed by atoms with Gasteiger partial charge in [0.2, 0.25) is 0 Å². The molecule has 0 unspecified atom stereocenters. The van der Waals surface area contributed by atoms with Crippen molar-refractivity contribution in [1.82, 2.24) is 5.32 Å². The number of carboxylic acids is 1. The molecule has 0 saturated carbocycles. The first kappa shape index (κ1) is 20.0. The van der Waals surface area contributed by atoms with E-state index in [0.29, 0.717) is 22.7 Å². The minimum atomic E-state index is -1.11. The zero-order valence-electron chi connectivity index (χ0n) is 15.5. The first-order chi connectivity index (χ1) is 12.8. The number of rotatable bonds is 6. The van der Waals surface area contributed by atoms with Crippen molar-refractivity contribution in [3.05, 3.63) is 52.4 Å². The summed E-state index contributed by atoms with van der Waals surface area (Å²) in [5.74, 6) is -2.73. The minimum Gasteiger partial charge on any atom is -0.482 e. The van der Waals surface area contributed by atoms with E-state index in [9.17, 15) is 14.4 Å². The molecule has 0 aliphatic carbocycles. The van der Waals surface area contributed by atoms with Crippen LogP contribution in [-0.4, -0.2) is 43.8 Å². The van der Waals surface area contributed by atoms with E-state index in [-0.39, 0.29) is 11.1 Å². The van der Waals surface area contributed by atoms with Crippen LogP contribution < -0.4 is 10.1 Å². The number of esters is 2. The lowest BCUT2D eigenvalue weighted by molar-refractivity contribution is -0.139. The Bertz CT molecular complexity index is 800. The molecule has 2 rings (SSSR count). The van der Waals surface area contributed by atoms with Gasteiger partial charge in [-0.3, -0.25) is 0 Å². The summed E-state index contributed by atoms with van der Waals surface area (Å²) in [5.41, 5.74) is 2.19. The van der Waals surface area contributed by atoms with Gasteiger partial charge in [-0.15, -0.1) is 0 Å². The Morgan fingerprint density at radius 3 is 2.07 bits per heavy atom. The van der Waals surface area contributed by atoms with Crippen LogP contribution in [0.25, 0.3) is 0 Å². The molecule has 0 amide bonds. The second kappa shape index (κ2) is 8.39. The number of ether oxygens (including phenoxy) is 3. The zero-order valence-corrected chi connectivity index (χ0v) is 15.5. The molecule has 27 heavy (non-hydrogen) atoms. The quantitative estimate of drug-likeness (QED) is 0.723. The van der Waals surface area contributed by atoms with Gasteiger partial charge in [0.25, 0.3) is 0 Å². The molecule has 0 bridgehead atoms. The van der Waals surface area contributed by atoms with Crippen molar-refractivity contribution in [2.45, 2.75) is 19.8 Å². The van der Waals surface area contributed by atoms with Gasteiger partial charge in [-0.25, -0.2) is 14.4 Å². The molecule has 2 N–H and O–H groups in total. The van der Waals surface area contributed by atoms with Gasteiger partial charge < -0.3 is 24.6 Å². The molecule has 1 aliphatic rings. The number of benzene rings is 1. The van der Waals surface area contributed by atoms with Crippen LogP contribution in [0.15, 0.2) is 46.8 Å². The van der Waals surface area contributed by atoms with Gasteiger partial charge >= 0.3 is 17.9 Å². The summed E-state index contributed by atoms with van der Waals surface area (Å²) in [6.07, 6.45) is 0. The van der Waals surface area contributed by atoms with Gasteiger partial charge in [0.1, 0.15) is 5.75 Å². The normalized spacial score (nSPS) is 14.5. The summed E-state index contributed by atoms with van der Waals surface area (Å²) in [7, 11) is 2.52. The monoisotopic (exact) mass is 375 g/mol. The van der Waals surface area contributed by atoms with Crippen molar-refractivity contribution in [2.24, 2.45) is 0 Å². The lowest BCUT2D eigenvalue weighted by Gasteiger charge is -2.30. The number of methoxy groups -OCH3 is 2. The minimum absolute atomic E-state index is 0.263. The van der Waals surface area contributed by atoms with Crippen LogP contribution in [0, 0.1) is 0 Å². The van der Waals surface area contributed by atoms with Gasteiger partial charge in [0.15, 0.2) is 6.61 Å². The molecule has 0 aromatic heterocycles. The second-order valence-corrected chi connectivity index (χ2v) is 5.87. The highest BCUT2D eigenvalue weighted by Gasteiger charge is 2.37. The summed E-state index contributed by atoms with van der Waals surface area (Å²) in [5, 5.41) is 11.8. The number of hydrogen-bond acceptors (Lipinski definition) is 7. The van der Waals surface area contributed by atoms with E-state index in [1.807, 2.05) is 0 Å². The fourth-order valence-electron chi connectivity index (χ4n) is 3.02. The van der Waals surface area contributed by atoms with Gasteiger partial charge in [-0.2, -0.15) is 0 Å². The Hall–Kier alpha value is -3.29. The highest BCUT2D eigenvalue weighted by atomic mass is 16.5. The highest BCUT2D eigenvalue weighted by Crippen LogP contribution is 2.39. The Labute approximate surface area is 156 Å². The van der Waals surface area contributed by atoms with Crippen LogP contribution in [0.2, 0.25) is 0 Å². The predicted molar refractivity (Wildman–Crippen MR) is 94.9 cm³/mol. The maximum absolute atomic E-state index is 12.4. The predicted octanol–water partition coefficient (Wildman–Crippen LogP) is 1.73. The Kier molecular flexibility index (Phi) is 6.23. The first-order valence-corrected chi connectivity index (χ1v) is 8.09. The smallest absolute Gasteiger partial charge is 0.341 e. The van der Waals surface area contributed by atoms with Crippen molar-refractivity contribution in [3.8, 4) is 5.75 Å². The van der Waals surface area contributed by atoms with Crippen molar-refractivity contribution in [3.63, 3.8) is 0 Å². The SMILES string of the molecule is COC(=O)C1=C(C)NC(C)=C(C(=O)OC)C1c1cccc(OCC(=O)O)c1. The van der Waals surface area contributed by atoms with E-state index in [1.165, 1.54) is 14.2 Å². The molecular weight excluding hydrogens is 354 g/mol. The van der Waals surface area contributed by atoms with Crippen LogP contribution >= 0.6 is 0 Å². The zero-order chi connectivity index (χ0) is 20.1. The van der Waals surface area contributed by atoms with Gasteiger partial charge in [0.05, 0.1) is 31.3 Å². The van der Waals surface area contributed by atoms with E-state index in [4.69, 9.17) is 19.3 Å². The Morgan fingerprint density at radius 1 is 1.04 bits per heavy atom. The lowest BCUT2D eigenvalue weighted by atomic mass is 9.80. The Balaban J connectivity index is 2.59. The third-order valence-corrected chi connectivity index (χ3v) is 4.12. The molecule has 1 aromatic carbocycles. The van der Waals surface area contributed by atoms with Crippen LogP contribution in [0.5, 0.6) is 5.75 Å². The summed E-state index contributed by atoms with van der Waals surface area (Å²) >= 11 is 0. The van der Waals surface area contributed by atoms with Crippen molar-refractivity contribution < 1.29 is 33.7 Å². The molecule has 0 atom stereocenters. The number of carboxylic acid groups (broad SMARTS) is 1. The van der Waals surface area contributed by atoms with E-state index in [1.54, 1.807) is 38.1 Å². The Morgan fingerprint density at radius 2 is 1.59 bits per heavy atom. The van der Waals surface area contributed by atoms with E-state index < -0.39 is 30.4 Å². The van der Waals surface area contributed by atoms with Crippen LogP contribution in [0.3, 0.4) is 0 Å². The van der Waals surface area contributed by atoms with Crippen molar-refractivity contribution >= 4 is 17.9 Å². The molecule has 1 aliphatic heterocycles. The molecule has 1 aromatic rings. The van der Waals surface area contributed by atoms with Gasteiger partial charge in [-0.1, -0.05) is 12.1 Å². The van der Waals surface area contributed by atoms with E-state index in [2.05, 4.69) is 5.32 Å². The van der Waals surface area contributed by atoms with Gasteiger partial charge in [-0.05, 0) is 31.5 Å². The van der Waals surface area contributed by atoms with Crippen molar-refractivity contribution in [1.29, 1.82) is 0 Å². The topological polar surface area (TPSA) is 111 Å². The molecule has 8 heteroatoms. The molecule has 144 valence electrons. The number of aliphatic carboxylic acids is 1. The fourth-order valence-corrected chi connectivity index (χ4v) is 3.02. The number of allylic oxidation sites excluding steroid dienone is 2. The summed E-state index contributed by atoms with van der Waals surface area (Å²) in [6, 6.07) is 6.56. The van der Waals surface area contributed by atoms with E-state index >= 15 is 0 Å². The van der Waals surface area contributed by atoms with Crippen molar-refractivity contribution in [2.75, 3.05) is 20.8 Å². The van der Waals surface area contributed by atoms with Crippen LogP contribution in [-0.2, 0) is 23.9 Å². The standard InChI is InChI=1S/C19H21NO7/c1-10-15(18(23)25-3)17(16(11(2)20-10)19(24)26-4)12-6-5-7-13(8-12)27-9-14(21)22/h5-8,17,20H,9H2,1-4H3,(H,21,22). The lowest BCUT2D eigenvalue weighted by Crippen LogP contribution is -2.32. The summed E-state index contributed by atoms with van der Waals surface area (Å²) < 4.78 is 15.0. The second-order valence-electron chi connectivity index (χ2n) is 5.87. The highest BCUT2D eigenvalue weighted by molar-refractivity contribution is 5.99. The average molecular weight is 375 g/mol. The fraction of sp³-hybridized carbons (Fsp3) is 0.316. The molecule has 0 radical (unpaired) electrons. The largest absolute Gasteiger partial charge is 0.482 e. The number of hydrogen-bond donors (Lipinski definition) is 2. The molecule has 1 heterocycles.